The average Bonchev–Trinajstić information content (AvgIpc) is 2.60. The van der Waals surface area contributed by atoms with E-state index in [1.165, 1.54) is 31.8 Å². The molecule has 2 nitrogen and oxygen atoms in total. The quantitative estimate of drug-likeness (QED) is 0.776. The van der Waals surface area contributed by atoms with Gasteiger partial charge in [0.25, 0.3) is 0 Å². The fourth-order valence-electron chi connectivity index (χ4n) is 2.65. The first-order valence-corrected chi connectivity index (χ1v) is 7.32. The lowest BCUT2D eigenvalue weighted by molar-refractivity contribution is 0.184. The van der Waals surface area contributed by atoms with Crippen molar-refractivity contribution in [1.29, 1.82) is 0 Å². The molecule has 4 unspecified atom stereocenters. The highest BCUT2D eigenvalue weighted by Crippen LogP contribution is 2.25. The Bertz CT molecular complexity index is 210. The number of thioether (sulfide) groups is 1. The summed E-state index contributed by atoms with van der Waals surface area (Å²) in [5.74, 6) is 2.18. The normalized spacial score (nSPS) is 43.4. The van der Waals surface area contributed by atoms with E-state index in [0.29, 0.717) is 0 Å². The van der Waals surface area contributed by atoms with Gasteiger partial charge in [0.15, 0.2) is 0 Å². The van der Waals surface area contributed by atoms with Crippen molar-refractivity contribution in [3.05, 3.63) is 0 Å². The molecule has 0 radical (unpaired) electrons. The van der Waals surface area contributed by atoms with Gasteiger partial charge >= 0.3 is 0 Å². The minimum Gasteiger partial charge on any atom is -0.312 e. The molecular weight excluding hydrogens is 204 g/mol. The van der Waals surface area contributed by atoms with Gasteiger partial charge in [-0.3, -0.25) is 4.90 Å². The van der Waals surface area contributed by atoms with Gasteiger partial charge in [-0.25, -0.2) is 0 Å². The summed E-state index contributed by atoms with van der Waals surface area (Å²) in [4.78, 5) is 2.68. The summed E-state index contributed by atoms with van der Waals surface area (Å²) in [6, 6.07) is 1.49. The van der Waals surface area contributed by atoms with Crippen molar-refractivity contribution in [2.75, 3.05) is 25.4 Å². The SMILES string of the molecule is CC1CCNC1CN1CCSC(C)C1C. The maximum atomic E-state index is 3.64. The highest BCUT2D eigenvalue weighted by atomic mass is 32.2. The summed E-state index contributed by atoms with van der Waals surface area (Å²) in [6.45, 7) is 10.9. The molecular formula is C12H24N2S. The summed E-state index contributed by atoms with van der Waals surface area (Å²) in [6.07, 6.45) is 1.36. The minimum atomic E-state index is 0.739. The molecule has 2 heterocycles. The second-order valence-corrected chi connectivity index (χ2v) is 6.62. The van der Waals surface area contributed by atoms with Crippen LogP contribution in [0.1, 0.15) is 27.2 Å². The summed E-state index contributed by atoms with van der Waals surface area (Å²) in [5.41, 5.74) is 0. The molecule has 0 bridgehead atoms. The van der Waals surface area contributed by atoms with Crippen LogP contribution in [0.2, 0.25) is 0 Å². The highest BCUT2D eigenvalue weighted by Gasteiger charge is 2.30. The lowest BCUT2D eigenvalue weighted by Gasteiger charge is -2.39. The van der Waals surface area contributed by atoms with Crippen molar-refractivity contribution in [2.45, 2.75) is 44.5 Å². The predicted octanol–water partition coefficient (Wildman–Crippen LogP) is 1.81. The average molecular weight is 228 g/mol. The Labute approximate surface area is 98.2 Å². The van der Waals surface area contributed by atoms with E-state index in [-0.39, 0.29) is 0 Å². The van der Waals surface area contributed by atoms with E-state index in [1.807, 2.05) is 0 Å². The second-order valence-electron chi connectivity index (χ2n) is 5.14. The third-order valence-corrected chi connectivity index (χ3v) is 5.48. The van der Waals surface area contributed by atoms with Crippen LogP contribution in [-0.4, -0.2) is 47.6 Å². The van der Waals surface area contributed by atoms with Crippen molar-refractivity contribution in [2.24, 2.45) is 5.92 Å². The molecule has 15 heavy (non-hydrogen) atoms. The first-order chi connectivity index (χ1) is 7.18. The Morgan fingerprint density at radius 3 is 2.80 bits per heavy atom. The van der Waals surface area contributed by atoms with E-state index >= 15 is 0 Å². The molecule has 0 spiro atoms. The number of hydrogen-bond donors (Lipinski definition) is 1. The van der Waals surface area contributed by atoms with E-state index in [2.05, 4.69) is 42.7 Å². The molecule has 2 aliphatic rings. The van der Waals surface area contributed by atoms with Crippen LogP contribution in [-0.2, 0) is 0 Å². The highest BCUT2D eigenvalue weighted by molar-refractivity contribution is 8.00. The van der Waals surface area contributed by atoms with Crippen LogP contribution < -0.4 is 5.32 Å². The van der Waals surface area contributed by atoms with Crippen LogP contribution in [0.3, 0.4) is 0 Å². The zero-order valence-electron chi connectivity index (χ0n) is 10.2. The summed E-state index contributed by atoms with van der Waals surface area (Å²) in [5, 5.41) is 4.44. The molecule has 2 aliphatic heterocycles. The van der Waals surface area contributed by atoms with Crippen molar-refractivity contribution < 1.29 is 0 Å². The molecule has 2 saturated heterocycles. The number of hydrogen-bond acceptors (Lipinski definition) is 3. The van der Waals surface area contributed by atoms with Gasteiger partial charge < -0.3 is 5.32 Å². The Morgan fingerprint density at radius 1 is 1.33 bits per heavy atom. The van der Waals surface area contributed by atoms with E-state index in [4.69, 9.17) is 0 Å². The van der Waals surface area contributed by atoms with E-state index in [9.17, 15) is 0 Å². The molecule has 0 saturated carbocycles. The number of nitrogens with one attached hydrogen (secondary N) is 1. The van der Waals surface area contributed by atoms with Gasteiger partial charge in [0.2, 0.25) is 0 Å². The van der Waals surface area contributed by atoms with Crippen LogP contribution in [0.25, 0.3) is 0 Å². The summed E-state index contributed by atoms with van der Waals surface area (Å²) >= 11 is 2.13. The number of rotatable bonds is 2. The minimum absolute atomic E-state index is 0.739. The van der Waals surface area contributed by atoms with Gasteiger partial charge in [-0.2, -0.15) is 11.8 Å². The third kappa shape index (κ3) is 2.69. The van der Waals surface area contributed by atoms with Gasteiger partial charge in [-0.15, -0.1) is 0 Å². The van der Waals surface area contributed by atoms with Crippen LogP contribution >= 0.6 is 11.8 Å². The maximum absolute atomic E-state index is 3.64. The van der Waals surface area contributed by atoms with Crippen LogP contribution in [0.4, 0.5) is 0 Å². The largest absolute Gasteiger partial charge is 0.312 e. The first-order valence-electron chi connectivity index (χ1n) is 6.27. The Balaban J connectivity index is 1.87. The first kappa shape index (κ1) is 11.7. The van der Waals surface area contributed by atoms with Crippen molar-refractivity contribution in [1.82, 2.24) is 10.2 Å². The summed E-state index contributed by atoms with van der Waals surface area (Å²) in [7, 11) is 0. The van der Waals surface area contributed by atoms with Gasteiger partial charge in [0.1, 0.15) is 0 Å². The van der Waals surface area contributed by atoms with Gasteiger partial charge in [-0.05, 0) is 25.8 Å². The van der Waals surface area contributed by atoms with E-state index in [1.54, 1.807) is 0 Å². The second kappa shape index (κ2) is 5.07. The Hall–Kier alpha value is 0.270. The Morgan fingerprint density at radius 2 is 2.13 bits per heavy atom. The van der Waals surface area contributed by atoms with Crippen molar-refractivity contribution in [3.8, 4) is 0 Å². The van der Waals surface area contributed by atoms with Crippen LogP contribution in [0.15, 0.2) is 0 Å². The van der Waals surface area contributed by atoms with Crippen LogP contribution in [0.5, 0.6) is 0 Å². The molecule has 4 atom stereocenters. The van der Waals surface area contributed by atoms with Gasteiger partial charge in [0.05, 0.1) is 0 Å². The molecule has 0 amide bonds. The van der Waals surface area contributed by atoms with Gasteiger partial charge in [0, 0.05) is 36.2 Å². The lowest BCUT2D eigenvalue weighted by atomic mass is 10.0. The molecule has 1 N–H and O–H groups in total. The van der Waals surface area contributed by atoms with E-state index < -0.39 is 0 Å². The zero-order chi connectivity index (χ0) is 10.8. The zero-order valence-corrected chi connectivity index (χ0v) is 11.0. The van der Waals surface area contributed by atoms with Crippen molar-refractivity contribution in [3.63, 3.8) is 0 Å². The molecule has 0 aromatic rings. The molecule has 3 heteroatoms. The number of nitrogens with zero attached hydrogens (tertiary/aromatic N) is 1. The Kier molecular flexibility index (Phi) is 3.97. The maximum Gasteiger partial charge on any atom is 0.0221 e. The van der Waals surface area contributed by atoms with E-state index in [0.717, 1.165) is 23.3 Å². The van der Waals surface area contributed by atoms with Gasteiger partial charge in [-0.1, -0.05) is 13.8 Å². The molecule has 0 aliphatic carbocycles. The molecule has 2 rings (SSSR count). The fraction of sp³-hybridized carbons (Fsp3) is 1.00. The lowest BCUT2D eigenvalue weighted by Crippen LogP contribution is -2.50. The molecule has 88 valence electrons. The standard InChI is InChI=1S/C12H24N2S/c1-9-4-5-13-12(9)8-14-6-7-15-11(3)10(14)2/h9-13H,4-8H2,1-3H3. The monoisotopic (exact) mass is 228 g/mol. The molecule has 0 aromatic heterocycles. The topological polar surface area (TPSA) is 15.3 Å². The van der Waals surface area contributed by atoms with Crippen LogP contribution in [0, 0.1) is 5.92 Å². The third-order valence-electron chi connectivity index (χ3n) is 4.14. The predicted molar refractivity (Wildman–Crippen MR) is 68.5 cm³/mol. The smallest absolute Gasteiger partial charge is 0.0221 e. The van der Waals surface area contributed by atoms with Crippen molar-refractivity contribution >= 4 is 11.8 Å². The fourth-order valence-corrected chi connectivity index (χ4v) is 3.81. The summed E-state index contributed by atoms with van der Waals surface area (Å²) < 4.78 is 0. The molecule has 0 aromatic carbocycles. The molecule has 2 fully saturated rings.